The van der Waals surface area contributed by atoms with E-state index < -0.39 is 5.92 Å². The number of benzene rings is 4. The van der Waals surface area contributed by atoms with Gasteiger partial charge >= 0.3 is 0 Å². The fraction of sp³-hybridized carbons (Fsp3) is 0.133. The first kappa shape index (κ1) is 22.4. The lowest BCUT2D eigenvalue weighted by Crippen LogP contribution is -2.44. The van der Waals surface area contributed by atoms with Crippen molar-refractivity contribution >= 4 is 28.3 Å². The van der Waals surface area contributed by atoms with Crippen molar-refractivity contribution in [2.45, 2.75) is 18.8 Å². The number of nitrogens with one attached hydrogen (secondary N) is 3. The molecule has 35 heavy (non-hydrogen) atoms. The van der Waals surface area contributed by atoms with Gasteiger partial charge in [0.05, 0.1) is 18.2 Å². The molecule has 0 fully saturated rings. The van der Waals surface area contributed by atoms with E-state index in [-0.39, 0.29) is 18.4 Å². The molecule has 2 amide bonds. The lowest BCUT2D eigenvalue weighted by atomic mass is 9.90. The molecule has 4 aromatic carbocycles. The molecule has 1 aliphatic carbocycles. The second-order valence-electron chi connectivity index (χ2n) is 8.74. The van der Waals surface area contributed by atoms with Gasteiger partial charge in [-0.1, -0.05) is 97.6 Å². The number of amides is 2. The summed E-state index contributed by atoms with van der Waals surface area (Å²) in [5.41, 5.74) is 11.6. The molecule has 0 atom stereocenters. The number of carbonyl (C=O) groups is 2. The quantitative estimate of drug-likeness (QED) is 0.339. The average molecular weight is 462 g/mol. The second-order valence-corrected chi connectivity index (χ2v) is 8.74. The van der Waals surface area contributed by atoms with E-state index in [4.69, 9.17) is 0 Å². The summed E-state index contributed by atoms with van der Waals surface area (Å²) in [4.78, 5) is 25.6. The van der Waals surface area contributed by atoms with Crippen molar-refractivity contribution < 1.29 is 9.59 Å². The SMILES string of the molecule is C=C(NNC(=O)CNC(=O)C(c1ccccc1)c1ccccc1)c1ccc2c3c(cccc13)CC2. The van der Waals surface area contributed by atoms with Crippen molar-refractivity contribution in [1.82, 2.24) is 16.2 Å². The van der Waals surface area contributed by atoms with Crippen LogP contribution >= 0.6 is 0 Å². The van der Waals surface area contributed by atoms with Gasteiger partial charge in [-0.2, -0.15) is 0 Å². The summed E-state index contributed by atoms with van der Waals surface area (Å²) in [6.07, 6.45) is 2.11. The molecule has 0 aromatic heterocycles. The van der Waals surface area contributed by atoms with Gasteiger partial charge < -0.3 is 5.32 Å². The van der Waals surface area contributed by atoms with E-state index in [0.29, 0.717) is 5.70 Å². The van der Waals surface area contributed by atoms with Gasteiger partial charge in [-0.15, -0.1) is 0 Å². The summed E-state index contributed by atoms with van der Waals surface area (Å²) in [7, 11) is 0. The molecule has 5 nitrogen and oxygen atoms in total. The van der Waals surface area contributed by atoms with Gasteiger partial charge in [-0.25, -0.2) is 0 Å². The Balaban J connectivity index is 1.22. The van der Waals surface area contributed by atoms with Crippen LogP contribution in [0.15, 0.2) is 97.6 Å². The molecule has 1 aliphatic rings. The van der Waals surface area contributed by atoms with E-state index in [1.54, 1.807) is 0 Å². The maximum atomic E-state index is 13.1. The highest BCUT2D eigenvalue weighted by Crippen LogP contribution is 2.34. The van der Waals surface area contributed by atoms with Crippen LogP contribution in [-0.4, -0.2) is 18.4 Å². The monoisotopic (exact) mass is 461 g/mol. The molecule has 5 heteroatoms. The van der Waals surface area contributed by atoms with Crippen LogP contribution in [0.3, 0.4) is 0 Å². The molecule has 0 saturated heterocycles. The first-order valence-corrected chi connectivity index (χ1v) is 11.8. The minimum Gasteiger partial charge on any atom is -0.346 e. The zero-order valence-electron chi connectivity index (χ0n) is 19.4. The summed E-state index contributed by atoms with van der Waals surface area (Å²) >= 11 is 0. The van der Waals surface area contributed by atoms with Crippen molar-refractivity contribution in [3.63, 3.8) is 0 Å². The van der Waals surface area contributed by atoms with Gasteiger partial charge in [0.15, 0.2) is 0 Å². The Labute approximate surface area is 204 Å². The first-order chi connectivity index (χ1) is 17.1. The van der Waals surface area contributed by atoms with Crippen LogP contribution in [0.25, 0.3) is 16.5 Å². The molecule has 3 N–H and O–H groups in total. The largest absolute Gasteiger partial charge is 0.346 e. The molecule has 0 bridgehead atoms. The van der Waals surface area contributed by atoms with Crippen LogP contribution in [0, 0.1) is 0 Å². The van der Waals surface area contributed by atoms with Crippen LogP contribution in [0.1, 0.15) is 33.7 Å². The van der Waals surface area contributed by atoms with E-state index in [1.807, 2.05) is 66.7 Å². The van der Waals surface area contributed by atoms with Crippen LogP contribution in [0.5, 0.6) is 0 Å². The van der Waals surface area contributed by atoms with Crippen molar-refractivity contribution in [3.8, 4) is 0 Å². The zero-order valence-corrected chi connectivity index (χ0v) is 19.4. The third-order valence-electron chi connectivity index (χ3n) is 6.51. The molecule has 0 saturated carbocycles. The van der Waals surface area contributed by atoms with Gasteiger partial charge in [0.2, 0.25) is 5.91 Å². The Morgan fingerprint density at radius 3 is 2.03 bits per heavy atom. The normalized spacial score (nSPS) is 11.9. The predicted molar refractivity (Wildman–Crippen MR) is 139 cm³/mol. The first-order valence-electron chi connectivity index (χ1n) is 11.8. The average Bonchev–Trinajstić information content (AvgIpc) is 3.32. The number of hydrogen-bond donors (Lipinski definition) is 3. The Kier molecular flexibility index (Phi) is 6.31. The molecule has 0 aliphatic heterocycles. The number of carbonyl (C=O) groups excluding carboxylic acids is 2. The standard InChI is InChI=1S/C30H27N3O2/c1-20(25-18-17-24-16-15-23-13-8-14-26(25)28(23)24)32-33-27(34)19-31-30(35)29(21-9-4-2-5-10-21)22-11-6-3-7-12-22/h2-14,17-18,29,32H,1,15-16,19H2,(H,31,35)(H,33,34). The van der Waals surface area contributed by atoms with E-state index >= 15 is 0 Å². The lowest BCUT2D eigenvalue weighted by Gasteiger charge is -2.18. The highest BCUT2D eigenvalue weighted by atomic mass is 16.2. The van der Waals surface area contributed by atoms with Gasteiger partial charge in [-0.05, 0) is 45.9 Å². The number of rotatable bonds is 8. The van der Waals surface area contributed by atoms with Gasteiger partial charge in [0.25, 0.3) is 5.91 Å². The molecule has 4 aromatic rings. The van der Waals surface area contributed by atoms with Gasteiger partial charge in [0.1, 0.15) is 0 Å². The molecule has 174 valence electrons. The Morgan fingerprint density at radius 2 is 1.37 bits per heavy atom. The fourth-order valence-electron chi connectivity index (χ4n) is 4.82. The summed E-state index contributed by atoms with van der Waals surface area (Å²) in [5.74, 6) is -1.09. The smallest absolute Gasteiger partial charge is 0.257 e. The number of hydrazine groups is 1. The molecule has 0 radical (unpaired) electrons. The zero-order chi connectivity index (χ0) is 24.2. The van der Waals surface area contributed by atoms with Gasteiger partial charge in [0, 0.05) is 5.56 Å². The summed E-state index contributed by atoms with van der Waals surface area (Å²) in [5, 5.41) is 5.20. The van der Waals surface area contributed by atoms with Crippen LogP contribution in [0.4, 0.5) is 0 Å². The summed E-state index contributed by atoms with van der Waals surface area (Å²) in [6, 6.07) is 29.6. The van der Waals surface area contributed by atoms with E-state index in [1.165, 1.54) is 16.5 Å². The van der Waals surface area contributed by atoms with E-state index in [0.717, 1.165) is 34.9 Å². The second kappa shape index (κ2) is 9.85. The molecule has 0 unspecified atom stereocenters. The summed E-state index contributed by atoms with van der Waals surface area (Å²) in [6.45, 7) is 3.96. The van der Waals surface area contributed by atoms with Crippen molar-refractivity contribution in [3.05, 3.63) is 125 Å². The topological polar surface area (TPSA) is 70.2 Å². The van der Waals surface area contributed by atoms with Crippen molar-refractivity contribution in [2.24, 2.45) is 0 Å². The molecular weight excluding hydrogens is 434 g/mol. The minimum atomic E-state index is -0.498. The van der Waals surface area contributed by atoms with Crippen molar-refractivity contribution in [2.75, 3.05) is 6.54 Å². The van der Waals surface area contributed by atoms with Gasteiger partial charge in [-0.3, -0.25) is 20.4 Å². The Bertz CT molecular complexity index is 1350. The third kappa shape index (κ3) is 4.66. The number of hydrogen-bond acceptors (Lipinski definition) is 3. The van der Waals surface area contributed by atoms with E-state index in [2.05, 4.69) is 47.0 Å². The van der Waals surface area contributed by atoms with Crippen LogP contribution in [-0.2, 0) is 22.4 Å². The minimum absolute atomic E-state index is 0.154. The summed E-state index contributed by atoms with van der Waals surface area (Å²) < 4.78 is 0. The highest BCUT2D eigenvalue weighted by Gasteiger charge is 2.23. The highest BCUT2D eigenvalue weighted by molar-refractivity contribution is 5.98. The molecule has 0 spiro atoms. The third-order valence-corrected chi connectivity index (χ3v) is 6.51. The Hall–Kier alpha value is -4.38. The molecule has 5 rings (SSSR count). The Morgan fingerprint density at radius 1 is 0.743 bits per heavy atom. The number of aryl methyl sites for hydroxylation is 2. The van der Waals surface area contributed by atoms with E-state index in [9.17, 15) is 9.59 Å². The van der Waals surface area contributed by atoms with Crippen LogP contribution in [0.2, 0.25) is 0 Å². The maximum Gasteiger partial charge on any atom is 0.257 e. The maximum absolute atomic E-state index is 13.1. The predicted octanol–water partition coefficient (Wildman–Crippen LogP) is 4.48. The fourth-order valence-corrected chi connectivity index (χ4v) is 4.82. The van der Waals surface area contributed by atoms with Crippen molar-refractivity contribution in [1.29, 1.82) is 0 Å². The molecular formula is C30H27N3O2. The molecule has 0 heterocycles. The van der Waals surface area contributed by atoms with Crippen LogP contribution < -0.4 is 16.2 Å². The lowest BCUT2D eigenvalue weighted by molar-refractivity contribution is -0.126.